The Morgan fingerprint density at radius 2 is 1.92 bits per heavy atom. The van der Waals surface area contributed by atoms with Gasteiger partial charge in [-0.2, -0.15) is 0 Å². The second-order valence-corrected chi connectivity index (χ2v) is 3.14. The van der Waals surface area contributed by atoms with Crippen molar-refractivity contribution in [2.24, 2.45) is 0 Å². The molecule has 0 aliphatic rings. The predicted molar refractivity (Wildman–Crippen MR) is 49.2 cm³/mol. The molecule has 0 aliphatic heterocycles. The quantitative estimate of drug-likeness (QED) is 0.660. The summed E-state index contributed by atoms with van der Waals surface area (Å²) in [6.45, 7) is 1.91. The van der Waals surface area contributed by atoms with Crippen molar-refractivity contribution in [2.45, 2.75) is 13.3 Å². The van der Waals surface area contributed by atoms with E-state index >= 15 is 0 Å². The summed E-state index contributed by atoms with van der Waals surface area (Å²) in [6.07, 6.45) is 3.70. The van der Waals surface area contributed by atoms with E-state index in [2.05, 4.69) is 9.97 Å². The molecular weight excluding hydrogens is 166 g/mol. The van der Waals surface area contributed by atoms with Crippen LogP contribution < -0.4 is 0 Å². The number of hydrogen-bond acceptors (Lipinski definition) is 3. The Hall–Kier alpha value is -1.45. The smallest absolute Gasteiger partial charge is 0.229 e. The van der Waals surface area contributed by atoms with Crippen molar-refractivity contribution >= 4 is 5.91 Å². The second kappa shape index (κ2) is 3.98. The monoisotopic (exact) mass is 179 g/mol. The minimum absolute atomic E-state index is 0.0175. The van der Waals surface area contributed by atoms with Crippen LogP contribution in [0.1, 0.15) is 11.4 Å². The molecule has 0 fully saturated rings. The van der Waals surface area contributed by atoms with Gasteiger partial charge in [-0.15, -0.1) is 0 Å². The highest BCUT2D eigenvalue weighted by molar-refractivity contribution is 5.77. The summed E-state index contributed by atoms with van der Waals surface area (Å²) in [5.74, 6) is 0.591. The molecule has 1 aromatic heterocycles. The van der Waals surface area contributed by atoms with Gasteiger partial charge >= 0.3 is 0 Å². The van der Waals surface area contributed by atoms with Crippen molar-refractivity contribution in [3.8, 4) is 0 Å². The zero-order chi connectivity index (χ0) is 9.84. The van der Waals surface area contributed by atoms with Gasteiger partial charge in [0.05, 0.1) is 6.42 Å². The molecular formula is C9H13N3O. The first-order chi connectivity index (χ1) is 6.09. The largest absolute Gasteiger partial charge is 0.348 e. The summed E-state index contributed by atoms with van der Waals surface area (Å²) in [7, 11) is 3.44. The molecule has 4 nitrogen and oxygen atoms in total. The maximum Gasteiger partial charge on any atom is 0.229 e. The fraction of sp³-hybridized carbons (Fsp3) is 0.444. The van der Waals surface area contributed by atoms with E-state index in [-0.39, 0.29) is 12.3 Å². The van der Waals surface area contributed by atoms with Gasteiger partial charge in [0.1, 0.15) is 5.82 Å². The van der Waals surface area contributed by atoms with E-state index in [1.807, 2.05) is 6.92 Å². The maximum absolute atomic E-state index is 11.2. The van der Waals surface area contributed by atoms with Gasteiger partial charge < -0.3 is 4.90 Å². The SMILES string of the molecule is Cc1cnc(CC(=O)N(C)C)nc1. The van der Waals surface area contributed by atoms with Gasteiger partial charge in [-0.25, -0.2) is 9.97 Å². The zero-order valence-electron chi connectivity index (χ0n) is 8.11. The topological polar surface area (TPSA) is 46.1 Å². The third-order valence-electron chi connectivity index (χ3n) is 1.64. The molecule has 0 unspecified atom stereocenters. The molecule has 0 radical (unpaired) electrons. The Balaban J connectivity index is 2.65. The van der Waals surface area contributed by atoms with E-state index in [0.29, 0.717) is 5.82 Å². The first kappa shape index (κ1) is 9.64. The van der Waals surface area contributed by atoms with Crippen molar-refractivity contribution in [2.75, 3.05) is 14.1 Å². The van der Waals surface area contributed by atoms with Crippen LogP contribution in [0.3, 0.4) is 0 Å². The van der Waals surface area contributed by atoms with E-state index in [9.17, 15) is 4.79 Å². The molecule has 1 aromatic rings. The third-order valence-corrected chi connectivity index (χ3v) is 1.64. The standard InChI is InChI=1S/C9H13N3O/c1-7-5-10-8(11-6-7)4-9(13)12(2)3/h5-6H,4H2,1-3H3. The van der Waals surface area contributed by atoms with E-state index in [4.69, 9.17) is 0 Å². The number of amides is 1. The van der Waals surface area contributed by atoms with E-state index in [0.717, 1.165) is 5.56 Å². The highest BCUT2D eigenvalue weighted by Gasteiger charge is 2.06. The minimum atomic E-state index is 0.0175. The summed E-state index contributed by atoms with van der Waals surface area (Å²) in [5.41, 5.74) is 1.00. The average Bonchev–Trinajstić information content (AvgIpc) is 2.08. The van der Waals surface area contributed by atoms with E-state index < -0.39 is 0 Å². The van der Waals surface area contributed by atoms with Crippen LogP contribution in [0.4, 0.5) is 0 Å². The van der Waals surface area contributed by atoms with Gasteiger partial charge in [0, 0.05) is 26.5 Å². The first-order valence-corrected chi connectivity index (χ1v) is 4.07. The molecule has 0 aliphatic carbocycles. The lowest BCUT2D eigenvalue weighted by Crippen LogP contribution is -2.24. The number of rotatable bonds is 2. The lowest BCUT2D eigenvalue weighted by Gasteiger charge is -2.08. The van der Waals surface area contributed by atoms with E-state index in [1.54, 1.807) is 26.5 Å². The number of hydrogen-bond donors (Lipinski definition) is 0. The van der Waals surface area contributed by atoms with Gasteiger partial charge in [-0.1, -0.05) is 0 Å². The second-order valence-electron chi connectivity index (χ2n) is 3.14. The highest BCUT2D eigenvalue weighted by Crippen LogP contribution is 1.95. The van der Waals surface area contributed by atoms with Crippen LogP contribution in [-0.2, 0) is 11.2 Å². The van der Waals surface area contributed by atoms with E-state index in [1.165, 1.54) is 4.90 Å². The van der Waals surface area contributed by atoms with Crippen molar-refractivity contribution in [1.82, 2.24) is 14.9 Å². The maximum atomic E-state index is 11.2. The molecule has 70 valence electrons. The number of aromatic nitrogens is 2. The highest BCUT2D eigenvalue weighted by atomic mass is 16.2. The van der Waals surface area contributed by atoms with Gasteiger partial charge in [0.15, 0.2) is 0 Å². The molecule has 0 spiro atoms. The molecule has 1 rings (SSSR count). The Morgan fingerprint density at radius 1 is 1.38 bits per heavy atom. The molecule has 0 aromatic carbocycles. The lowest BCUT2D eigenvalue weighted by atomic mass is 10.3. The van der Waals surface area contributed by atoms with Crippen molar-refractivity contribution in [1.29, 1.82) is 0 Å². The molecule has 0 saturated carbocycles. The Kier molecular flexibility index (Phi) is 2.95. The summed E-state index contributed by atoms with van der Waals surface area (Å²) >= 11 is 0. The van der Waals surface area contributed by atoms with Crippen molar-refractivity contribution in [3.63, 3.8) is 0 Å². The average molecular weight is 179 g/mol. The number of carbonyl (C=O) groups is 1. The van der Waals surface area contributed by atoms with Crippen LogP contribution in [0.25, 0.3) is 0 Å². The van der Waals surface area contributed by atoms with Gasteiger partial charge in [-0.3, -0.25) is 4.79 Å². The molecule has 13 heavy (non-hydrogen) atoms. The number of likely N-dealkylation sites (N-methyl/N-ethyl adjacent to an activating group) is 1. The van der Waals surface area contributed by atoms with Gasteiger partial charge in [0.25, 0.3) is 0 Å². The lowest BCUT2D eigenvalue weighted by molar-refractivity contribution is -0.128. The fourth-order valence-corrected chi connectivity index (χ4v) is 0.804. The zero-order valence-corrected chi connectivity index (χ0v) is 8.11. The number of carbonyl (C=O) groups excluding carboxylic acids is 1. The fourth-order valence-electron chi connectivity index (χ4n) is 0.804. The summed E-state index contributed by atoms with van der Waals surface area (Å²) in [4.78, 5) is 20.9. The van der Waals surface area contributed by atoms with Crippen LogP contribution in [0.15, 0.2) is 12.4 Å². The summed E-state index contributed by atoms with van der Waals surface area (Å²) in [6, 6.07) is 0. The van der Waals surface area contributed by atoms with Crippen molar-refractivity contribution in [3.05, 3.63) is 23.8 Å². The molecule has 1 heterocycles. The number of nitrogens with zero attached hydrogens (tertiary/aromatic N) is 3. The van der Waals surface area contributed by atoms with Crippen molar-refractivity contribution < 1.29 is 4.79 Å². The molecule has 0 bridgehead atoms. The first-order valence-electron chi connectivity index (χ1n) is 4.07. The normalized spacial score (nSPS) is 9.77. The van der Waals surface area contributed by atoms with Crippen LogP contribution in [0.5, 0.6) is 0 Å². The number of aryl methyl sites for hydroxylation is 1. The third kappa shape index (κ3) is 2.82. The van der Waals surface area contributed by atoms with Crippen LogP contribution in [0, 0.1) is 6.92 Å². The van der Waals surface area contributed by atoms with Crippen LogP contribution in [-0.4, -0.2) is 34.9 Å². The Labute approximate surface area is 77.6 Å². The van der Waals surface area contributed by atoms with Crippen LogP contribution in [0.2, 0.25) is 0 Å². The van der Waals surface area contributed by atoms with Gasteiger partial charge in [-0.05, 0) is 12.5 Å². The molecule has 0 atom stereocenters. The minimum Gasteiger partial charge on any atom is -0.348 e. The van der Waals surface area contributed by atoms with Crippen LogP contribution >= 0.6 is 0 Å². The Morgan fingerprint density at radius 3 is 2.38 bits per heavy atom. The molecule has 4 heteroatoms. The molecule has 1 amide bonds. The van der Waals surface area contributed by atoms with Gasteiger partial charge in [0.2, 0.25) is 5.91 Å². The summed E-state index contributed by atoms with van der Waals surface area (Å²) in [5, 5.41) is 0. The molecule has 0 N–H and O–H groups in total. The Bertz CT molecular complexity index is 292. The predicted octanol–water partition coefficient (Wildman–Crippen LogP) is 0.416. The molecule has 0 saturated heterocycles. The summed E-state index contributed by atoms with van der Waals surface area (Å²) < 4.78 is 0.